The number of halogens is 1. The van der Waals surface area contributed by atoms with Gasteiger partial charge in [0.1, 0.15) is 0 Å². The topological polar surface area (TPSA) is 75.5 Å². The van der Waals surface area contributed by atoms with E-state index in [2.05, 4.69) is 10.2 Å². The molecule has 0 saturated carbocycles. The lowest BCUT2D eigenvalue weighted by atomic mass is 10.1. The number of non-ortho nitro benzene ring substituents is 1. The SMILES string of the molecule is O=C(Nc1ccc(CCN2CCSCC2)cc1)c1ccc([N+](=O)[O-])cc1Cl. The summed E-state index contributed by atoms with van der Waals surface area (Å²) in [5.41, 5.74) is 1.94. The van der Waals surface area contributed by atoms with Crippen LogP contribution in [0.15, 0.2) is 42.5 Å². The van der Waals surface area contributed by atoms with Crippen LogP contribution in [0.25, 0.3) is 0 Å². The number of benzene rings is 2. The van der Waals surface area contributed by atoms with E-state index in [1.165, 1.54) is 35.3 Å². The number of carbonyl (C=O) groups is 1. The minimum Gasteiger partial charge on any atom is -0.322 e. The van der Waals surface area contributed by atoms with Crippen LogP contribution >= 0.6 is 23.4 Å². The highest BCUT2D eigenvalue weighted by molar-refractivity contribution is 7.99. The maximum atomic E-state index is 12.4. The van der Waals surface area contributed by atoms with Crippen LogP contribution in [0, 0.1) is 10.1 Å². The van der Waals surface area contributed by atoms with E-state index in [1.807, 2.05) is 36.0 Å². The van der Waals surface area contributed by atoms with Gasteiger partial charge in [-0.05, 0) is 30.2 Å². The normalized spacial score (nSPS) is 14.7. The summed E-state index contributed by atoms with van der Waals surface area (Å²) >= 11 is 8.01. The largest absolute Gasteiger partial charge is 0.322 e. The van der Waals surface area contributed by atoms with E-state index in [0.29, 0.717) is 5.69 Å². The van der Waals surface area contributed by atoms with Crippen molar-refractivity contribution in [2.75, 3.05) is 36.5 Å². The quantitative estimate of drug-likeness (QED) is 0.578. The molecule has 0 bridgehead atoms. The van der Waals surface area contributed by atoms with E-state index in [4.69, 9.17) is 11.6 Å². The zero-order valence-electron chi connectivity index (χ0n) is 14.7. The summed E-state index contributed by atoms with van der Waals surface area (Å²) in [6.45, 7) is 3.34. The maximum Gasteiger partial charge on any atom is 0.270 e. The fourth-order valence-electron chi connectivity index (χ4n) is 2.87. The Morgan fingerprint density at radius 1 is 1.19 bits per heavy atom. The molecule has 2 aromatic rings. The first-order chi connectivity index (χ1) is 13.0. The number of nitro benzene ring substituents is 1. The van der Waals surface area contributed by atoms with Gasteiger partial charge in [0.15, 0.2) is 0 Å². The lowest BCUT2D eigenvalue weighted by Gasteiger charge is -2.26. The molecule has 3 rings (SSSR count). The van der Waals surface area contributed by atoms with E-state index in [1.54, 1.807) is 0 Å². The third-order valence-electron chi connectivity index (χ3n) is 4.44. The summed E-state index contributed by atoms with van der Waals surface area (Å²) in [4.78, 5) is 25.0. The van der Waals surface area contributed by atoms with Crippen molar-refractivity contribution < 1.29 is 9.72 Å². The van der Waals surface area contributed by atoms with Gasteiger partial charge in [-0.1, -0.05) is 23.7 Å². The monoisotopic (exact) mass is 405 g/mol. The van der Waals surface area contributed by atoms with E-state index in [-0.39, 0.29) is 16.3 Å². The summed E-state index contributed by atoms with van der Waals surface area (Å²) in [6.07, 6.45) is 0.979. The molecule has 1 fully saturated rings. The number of carbonyl (C=O) groups excluding carboxylic acids is 1. The van der Waals surface area contributed by atoms with Gasteiger partial charge in [0.25, 0.3) is 11.6 Å². The highest BCUT2D eigenvalue weighted by Gasteiger charge is 2.15. The molecule has 0 unspecified atom stereocenters. The Morgan fingerprint density at radius 2 is 1.89 bits per heavy atom. The lowest BCUT2D eigenvalue weighted by molar-refractivity contribution is -0.384. The molecule has 1 aliphatic rings. The Hall–Kier alpha value is -2.09. The van der Waals surface area contributed by atoms with Gasteiger partial charge in [0.2, 0.25) is 0 Å². The first-order valence-corrected chi connectivity index (χ1v) is 10.2. The van der Waals surface area contributed by atoms with Gasteiger partial charge in [0.05, 0.1) is 15.5 Å². The minimum absolute atomic E-state index is 0.0537. The molecule has 27 heavy (non-hydrogen) atoms. The number of nitrogens with zero attached hydrogens (tertiary/aromatic N) is 2. The van der Waals surface area contributed by atoms with Gasteiger partial charge in [-0.3, -0.25) is 14.9 Å². The van der Waals surface area contributed by atoms with Crippen molar-refractivity contribution in [3.05, 3.63) is 68.7 Å². The zero-order chi connectivity index (χ0) is 19.2. The van der Waals surface area contributed by atoms with Crippen LogP contribution in [0.5, 0.6) is 0 Å². The molecule has 1 heterocycles. The number of thioether (sulfide) groups is 1. The Bertz CT molecular complexity index is 823. The maximum absolute atomic E-state index is 12.4. The van der Waals surface area contributed by atoms with Gasteiger partial charge < -0.3 is 10.2 Å². The lowest BCUT2D eigenvalue weighted by Crippen LogP contribution is -2.34. The average Bonchev–Trinajstić information content (AvgIpc) is 2.68. The van der Waals surface area contributed by atoms with Gasteiger partial charge >= 0.3 is 0 Å². The van der Waals surface area contributed by atoms with Gasteiger partial charge in [-0.2, -0.15) is 11.8 Å². The van der Waals surface area contributed by atoms with Crippen molar-refractivity contribution in [2.24, 2.45) is 0 Å². The molecule has 1 saturated heterocycles. The number of hydrogen-bond donors (Lipinski definition) is 1. The number of nitrogens with one attached hydrogen (secondary N) is 1. The first-order valence-electron chi connectivity index (χ1n) is 8.67. The van der Waals surface area contributed by atoms with E-state index >= 15 is 0 Å². The molecule has 1 amide bonds. The number of rotatable bonds is 6. The Morgan fingerprint density at radius 3 is 2.52 bits per heavy atom. The Balaban J connectivity index is 1.57. The predicted molar refractivity (Wildman–Crippen MR) is 110 cm³/mol. The second kappa shape index (κ2) is 9.21. The smallest absolute Gasteiger partial charge is 0.270 e. The van der Waals surface area contributed by atoms with Crippen molar-refractivity contribution in [2.45, 2.75) is 6.42 Å². The molecular weight excluding hydrogens is 386 g/mol. The van der Waals surface area contributed by atoms with Crippen molar-refractivity contribution in [3.63, 3.8) is 0 Å². The standard InChI is InChI=1S/C19H20ClN3O3S/c20-18-13-16(23(25)26)5-6-17(18)19(24)21-15-3-1-14(2-4-15)7-8-22-9-11-27-12-10-22/h1-6,13H,7-12H2,(H,21,24). The second-order valence-corrected chi connectivity index (χ2v) is 7.91. The molecule has 142 valence electrons. The van der Waals surface area contributed by atoms with E-state index in [0.717, 1.165) is 26.1 Å². The van der Waals surface area contributed by atoms with Gasteiger partial charge in [-0.15, -0.1) is 0 Å². The third kappa shape index (κ3) is 5.45. The molecule has 0 aliphatic carbocycles. The van der Waals surface area contributed by atoms with Crippen molar-refractivity contribution >= 4 is 40.6 Å². The minimum atomic E-state index is -0.547. The van der Waals surface area contributed by atoms with Gasteiger partial charge in [0, 0.05) is 49.0 Å². The first kappa shape index (κ1) is 19.7. The summed E-state index contributed by atoms with van der Waals surface area (Å²) < 4.78 is 0. The van der Waals surface area contributed by atoms with Crippen molar-refractivity contribution in [3.8, 4) is 0 Å². The molecule has 0 atom stereocenters. The number of anilines is 1. The third-order valence-corrected chi connectivity index (χ3v) is 5.70. The summed E-state index contributed by atoms with van der Waals surface area (Å²) in [7, 11) is 0. The van der Waals surface area contributed by atoms with E-state index in [9.17, 15) is 14.9 Å². The van der Waals surface area contributed by atoms with Crippen LogP contribution in [0.3, 0.4) is 0 Å². The van der Waals surface area contributed by atoms with Crippen LogP contribution < -0.4 is 5.32 Å². The summed E-state index contributed by atoms with van der Waals surface area (Å²) in [5.74, 6) is 2.01. The van der Waals surface area contributed by atoms with Crippen LogP contribution in [-0.4, -0.2) is 46.9 Å². The van der Waals surface area contributed by atoms with Crippen LogP contribution in [0.2, 0.25) is 5.02 Å². The van der Waals surface area contributed by atoms with Crippen molar-refractivity contribution in [1.29, 1.82) is 0 Å². The second-order valence-electron chi connectivity index (χ2n) is 6.28. The highest BCUT2D eigenvalue weighted by atomic mass is 35.5. The highest BCUT2D eigenvalue weighted by Crippen LogP contribution is 2.23. The Labute approximate surface area is 167 Å². The predicted octanol–water partition coefficient (Wildman–Crippen LogP) is 4.09. The average molecular weight is 406 g/mol. The Kier molecular flexibility index (Phi) is 6.71. The molecule has 8 heteroatoms. The van der Waals surface area contributed by atoms with Crippen LogP contribution in [-0.2, 0) is 6.42 Å². The number of amides is 1. The summed E-state index contributed by atoms with van der Waals surface area (Å²) in [5, 5.41) is 13.6. The van der Waals surface area contributed by atoms with Gasteiger partial charge in [-0.25, -0.2) is 0 Å². The number of hydrogen-bond acceptors (Lipinski definition) is 5. The molecule has 6 nitrogen and oxygen atoms in total. The molecule has 0 radical (unpaired) electrons. The molecular formula is C19H20ClN3O3S. The number of nitro groups is 1. The van der Waals surface area contributed by atoms with Crippen LogP contribution in [0.1, 0.15) is 15.9 Å². The molecule has 0 spiro atoms. The van der Waals surface area contributed by atoms with Crippen LogP contribution in [0.4, 0.5) is 11.4 Å². The van der Waals surface area contributed by atoms with E-state index < -0.39 is 10.8 Å². The fourth-order valence-corrected chi connectivity index (χ4v) is 4.11. The molecule has 1 aliphatic heterocycles. The zero-order valence-corrected chi connectivity index (χ0v) is 16.3. The summed E-state index contributed by atoms with van der Waals surface area (Å²) in [6, 6.07) is 11.5. The molecule has 1 N–H and O–H groups in total. The molecule has 2 aromatic carbocycles. The fraction of sp³-hybridized carbons (Fsp3) is 0.316. The van der Waals surface area contributed by atoms with Crippen molar-refractivity contribution in [1.82, 2.24) is 4.90 Å². The molecule has 0 aromatic heterocycles.